The second-order valence-electron chi connectivity index (χ2n) is 17.7. The summed E-state index contributed by atoms with van der Waals surface area (Å²) in [7, 11) is 0. The molecular formula is C63H39N7O. The van der Waals surface area contributed by atoms with Gasteiger partial charge in [-0.15, -0.1) is 0 Å². The van der Waals surface area contributed by atoms with Crippen LogP contribution in [0.3, 0.4) is 0 Å². The quantitative estimate of drug-likeness (QED) is 0.151. The number of para-hydroxylation sites is 1. The van der Waals surface area contributed by atoms with Gasteiger partial charge < -0.3 is 4.42 Å². The molecule has 0 saturated heterocycles. The molecule has 0 bridgehead atoms. The molecule has 0 amide bonds. The van der Waals surface area contributed by atoms with Crippen LogP contribution in [0, 0.1) is 0 Å². The van der Waals surface area contributed by atoms with E-state index in [1.165, 1.54) is 0 Å². The number of rotatable bonds is 8. The fraction of sp³-hybridized carbons (Fsp3) is 0. The second-order valence-corrected chi connectivity index (χ2v) is 17.7. The van der Waals surface area contributed by atoms with Crippen LogP contribution >= 0.6 is 0 Å². The summed E-state index contributed by atoms with van der Waals surface area (Å²) in [5.41, 5.74) is 15.7. The molecule has 5 heterocycles. The van der Waals surface area contributed by atoms with Gasteiger partial charge in [0, 0.05) is 49.4 Å². The Morgan fingerprint density at radius 2 is 0.690 bits per heavy atom. The molecule has 332 valence electrons. The maximum atomic E-state index is 6.80. The molecule has 0 saturated carbocycles. The first kappa shape index (κ1) is 40.3. The molecular weight excluding hydrogens is 871 g/mol. The molecule has 71 heavy (non-hydrogen) atoms. The van der Waals surface area contributed by atoms with Crippen molar-refractivity contribution in [3.63, 3.8) is 0 Å². The number of hydrogen-bond acceptors (Lipinski definition) is 6. The molecule has 0 spiro atoms. The summed E-state index contributed by atoms with van der Waals surface area (Å²) in [6.45, 7) is 0. The molecule has 0 fully saturated rings. The Morgan fingerprint density at radius 1 is 0.282 bits per heavy atom. The van der Waals surface area contributed by atoms with Gasteiger partial charge in [-0.1, -0.05) is 170 Å². The molecule has 0 atom stereocenters. The summed E-state index contributed by atoms with van der Waals surface area (Å²) in [5, 5.41) is 4.26. The van der Waals surface area contributed by atoms with E-state index in [1.54, 1.807) is 0 Å². The molecule has 9 aromatic carbocycles. The summed E-state index contributed by atoms with van der Waals surface area (Å²) in [6.07, 6.45) is 0. The molecule has 8 nitrogen and oxygen atoms in total. The van der Waals surface area contributed by atoms with Crippen molar-refractivity contribution in [1.29, 1.82) is 0 Å². The van der Waals surface area contributed by atoms with Gasteiger partial charge in [0.1, 0.15) is 11.0 Å². The first-order valence-corrected chi connectivity index (χ1v) is 23.7. The summed E-state index contributed by atoms with van der Waals surface area (Å²) in [4.78, 5) is 26.2. The zero-order chi connectivity index (χ0) is 46.8. The van der Waals surface area contributed by atoms with Crippen LogP contribution in [0.1, 0.15) is 0 Å². The van der Waals surface area contributed by atoms with Crippen LogP contribution in [-0.4, -0.2) is 34.1 Å². The van der Waals surface area contributed by atoms with Crippen molar-refractivity contribution in [3.05, 3.63) is 237 Å². The highest BCUT2D eigenvalue weighted by Gasteiger charge is 2.24. The van der Waals surface area contributed by atoms with E-state index in [-0.39, 0.29) is 0 Å². The highest BCUT2D eigenvalue weighted by atomic mass is 16.3. The second kappa shape index (κ2) is 16.5. The minimum Gasteiger partial charge on any atom is -0.434 e. The van der Waals surface area contributed by atoms with E-state index in [1.807, 2.05) is 103 Å². The van der Waals surface area contributed by atoms with Gasteiger partial charge in [0.2, 0.25) is 17.8 Å². The average molecular weight is 910 g/mol. The van der Waals surface area contributed by atoms with Crippen molar-refractivity contribution in [2.75, 3.05) is 0 Å². The molecule has 8 heteroatoms. The number of aromatic nitrogens is 7. The lowest BCUT2D eigenvalue weighted by Gasteiger charge is -2.12. The maximum Gasteiger partial charge on any atom is 0.235 e. The zero-order valence-electron chi connectivity index (χ0n) is 38.1. The molecule has 5 aromatic heterocycles. The third-order valence-electron chi connectivity index (χ3n) is 13.4. The van der Waals surface area contributed by atoms with E-state index in [0.717, 1.165) is 111 Å². The Labute approximate surface area is 407 Å². The molecule has 0 unspecified atom stereocenters. The first-order valence-electron chi connectivity index (χ1n) is 23.7. The van der Waals surface area contributed by atoms with Crippen LogP contribution in [0.25, 0.3) is 134 Å². The standard InChI is InChI=1S/C63H39N7O/c1-6-18-40(19-7-1)52-38-53(41-20-8-2-9-21-41)66-62(65-52)69-56-29-17-16-28-47(56)49-36-45(30-34-57(49)69)46-31-35-58-50(37-46)48-32-33-51-60(71-61(64-51)44-26-14-5-15-27-44)59(48)70(58)63-67-54(42-22-10-3-11-23-42)39-55(68-63)43-24-12-4-13-25-43/h1-39H. The molecule has 0 N–H and O–H groups in total. The van der Waals surface area contributed by atoms with Gasteiger partial charge in [-0.2, -0.15) is 0 Å². The number of fused-ring (bicyclic) bond motifs is 8. The lowest BCUT2D eigenvalue weighted by Crippen LogP contribution is -2.04. The van der Waals surface area contributed by atoms with Crippen molar-refractivity contribution in [2.45, 2.75) is 0 Å². The van der Waals surface area contributed by atoms with Gasteiger partial charge in [-0.05, 0) is 77.9 Å². The van der Waals surface area contributed by atoms with Crippen LogP contribution < -0.4 is 0 Å². The predicted octanol–water partition coefficient (Wildman–Crippen LogP) is 15.6. The van der Waals surface area contributed by atoms with Crippen LogP contribution in [-0.2, 0) is 0 Å². The molecule has 0 radical (unpaired) electrons. The summed E-state index contributed by atoms with van der Waals surface area (Å²) in [6, 6.07) is 81.5. The van der Waals surface area contributed by atoms with E-state index in [0.29, 0.717) is 23.4 Å². The Hall–Kier alpha value is -9.79. The third kappa shape index (κ3) is 6.88. The van der Waals surface area contributed by atoms with Crippen molar-refractivity contribution in [1.82, 2.24) is 34.1 Å². The molecule has 14 rings (SSSR count). The van der Waals surface area contributed by atoms with Crippen LogP contribution in [0.4, 0.5) is 0 Å². The summed E-state index contributed by atoms with van der Waals surface area (Å²) >= 11 is 0. The first-order chi connectivity index (χ1) is 35.2. The molecule has 14 aromatic rings. The lowest BCUT2D eigenvalue weighted by atomic mass is 10.0. The van der Waals surface area contributed by atoms with E-state index >= 15 is 0 Å². The normalized spacial score (nSPS) is 11.7. The lowest BCUT2D eigenvalue weighted by molar-refractivity contribution is 0.621. The number of hydrogen-bond donors (Lipinski definition) is 0. The van der Waals surface area contributed by atoms with Gasteiger partial charge in [0.25, 0.3) is 0 Å². The zero-order valence-corrected chi connectivity index (χ0v) is 38.1. The Kier molecular flexibility index (Phi) is 9.35. The highest BCUT2D eigenvalue weighted by molar-refractivity contribution is 6.18. The van der Waals surface area contributed by atoms with Crippen LogP contribution in [0.5, 0.6) is 0 Å². The van der Waals surface area contributed by atoms with Crippen LogP contribution in [0.2, 0.25) is 0 Å². The highest BCUT2D eigenvalue weighted by Crippen LogP contribution is 2.42. The van der Waals surface area contributed by atoms with Crippen molar-refractivity contribution in [2.24, 2.45) is 0 Å². The number of nitrogens with zero attached hydrogens (tertiary/aromatic N) is 7. The van der Waals surface area contributed by atoms with E-state index < -0.39 is 0 Å². The molecule has 0 aliphatic carbocycles. The number of oxazole rings is 1. The summed E-state index contributed by atoms with van der Waals surface area (Å²) in [5.74, 6) is 1.70. The van der Waals surface area contributed by atoms with Crippen molar-refractivity contribution >= 4 is 54.7 Å². The van der Waals surface area contributed by atoms with Gasteiger partial charge in [0.05, 0.1) is 39.3 Å². The third-order valence-corrected chi connectivity index (χ3v) is 13.4. The Balaban J connectivity index is 0.980. The Morgan fingerprint density at radius 3 is 1.20 bits per heavy atom. The van der Waals surface area contributed by atoms with Gasteiger partial charge in [-0.3, -0.25) is 9.13 Å². The average Bonchev–Trinajstić information content (AvgIpc) is 4.14. The fourth-order valence-corrected chi connectivity index (χ4v) is 10.0. The topological polar surface area (TPSA) is 87.5 Å². The molecule has 0 aliphatic heterocycles. The van der Waals surface area contributed by atoms with Crippen molar-refractivity contribution in [3.8, 4) is 79.5 Å². The largest absolute Gasteiger partial charge is 0.434 e. The van der Waals surface area contributed by atoms with Crippen molar-refractivity contribution < 1.29 is 4.42 Å². The molecule has 0 aliphatic rings. The SMILES string of the molecule is c1ccc(-c2cc(-c3ccccc3)nc(-n3c4ccccc4c4cc(-c5ccc6c(c5)c5ccc7nc(-c8ccccc8)oc7c5n6-c5nc(-c6ccccc6)cc(-c6ccccc6)n5)ccc43)n2)cc1. The summed E-state index contributed by atoms with van der Waals surface area (Å²) < 4.78 is 11.1. The minimum absolute atomic E-state index is 0.534. The van der Waals surface area contributed by atoms with E-state index in [9.17, 15) is 0 Å². The monoisotopic (exact) mass is 909 g/mol. The smallest absolute Gasteiger partial charge is 0.235 e. The predicted molar refractivity (Wildman–Crippen MR) is 286 cm³/mol. The Bertz CT molecular complexity index is 4200. The van der Waals surface area contributed by atoms with Gasteiger partial charge >= 0.3 is 0 Å². The van der Waals surface area contributed by atoms with Crippen LogP contribution in [0.15, 0.2) is 241 Å². The maximum absolute atomic E-state index is 6.80. The van der Waals surface area contributed by atoms with Gasteiger partial charge in [-0.25, -0.2) is 24.9 Å². The van der Waals surface area contributed by atoms with E-state index in [4.69, 9.17) is 29.3 Å². The number of benzene rings is 9. The van der Waals surface area contributed by atoms with Gasteiger partial charge in [0.15, 0.2) is 5.58 Å². The van der Waals surface area contributed by atoms with E-state index in [2.05, 4.69) is 143 Å². The minimum atomic E-state index is 0.534. The fourth-order valence-electron chi connectivity index (χ4n) is 10.0.